The molecule has 0 bridgehead atoms. The van der Waals surface area contributed by atoms with Crippen LogP contribution in [0.25, 0.3) is 0 Å². The Labute approximate surface area is 160 Å². The summed E-state index contributed by atoms with van der Waals surface area (Å²) in [6.45, 7) is -0.320. The summed E-state index contributed by atoms with van der Waals surface area (Å²) in [6.07, 6.45) is 0.447. The van der Waals surface area contributed by atoms with Gasteiger partial charge in [0.05, 0.1) is 5.56 Å². The molecule has 0 fully saturated rings. The lowest BCUT2D eigenvalue weighted by atomic mass is 10.1. The first kappa shape index (κ1) is 18.7. The van der Waals surface area contributed by atoms with Gasteiger partial charge >= 0.3 is 0 Å². The summed E-state index contributed by atoms with van der Waals surface area (Å²) in [6, 6.07) is 10.9. The molecule has 1 N–H and O–H groups in total. The quantitative estimate of drug-likeness (QED) is 0.817. The van der Waals surface area contributed by atoms with Gasteiger partial charge in [0, 0.05) is 16.6 Å². The van der Waals surface area contributed by atoms with Crippen molar-refractivity contribution < 1.29 is 18.0 Å². The van der Waals surface area contributed by atoms with Gasteiger partial charge in [0.25, 0.3) is 15.9 Å². The fourth-order valence-corrected chi connectivity index (χ4v) is 4.66. The third-order valence-electron chi connectivity index (χ3n) is 3.93. The second-order valence-corrected chi connectivity index (χ2v) is 8.32. The summed E-state index contributed by atoms with van der Waals surface area (Å²) < 4.78 is 25.4. The number of amides is 2. The van der Waals surface area contributed by atoms with Crippen molar-refractivity contribution in [3.8, 4) is 0 Å². The average Bonchev–Trinajstić information content (AvgIpc) is 2.78. The van der Waals surface area contributed by atoms with E-state index in [0.717, 1.165) is 5.56 Å². The number of nitrogens with zero attached hydrogens (tertiary/aromatic N) is 1. The highest BCUT2D eigenvalue weighted by molar-refractivity contribution is 7.90. The molecule has 2 amide bonds. The molecule has 6 nitrogen and oxygen atoms in total. The van der Waals surface area contributed by atoms with Crippen LogP contribution < -0.4 is 5.32 Å². The lowest BCUT2D eigenvalue weighted by molar-refractivity contribution is -0.121. The van der Waals surface area contributed by atoms with Crippen LogP contribution in [0.4, 0.5) is 0 Å². The maximum Gasteiger partial charge on any atom is 0.269 e. The van der Waals surface area contributed by atoms with Gasteiger partial charge in [-0.2, -0.15) is 0 Å². The highest BCUT2D eigenvalue weighted by Crippen LogP contribution is 2.29. The summed E-state index contributed by atoms with van der Waals surface area (Å²) in [5, 5.41) is 3.60. The molecule has 2 aromatic rings. The van der Waals surface area contributed by atoms with Crippen LogP contribution in [0.1, 0.15) is 15.9 Å². The van der Waals surface area contributed by atoms with Gasteiger partial charge in [-0.05, 0) is 36.2 Å². The zero-order chi connectivity index (χ0) is 18.9. The number of benzene rings is 2. The molecule has 9 heteroatoms. The van der Waals surface area contributed by atoms with Gasteiger partial charge in [-0.1, -0.05) is 41.4 Å². The minimum Gasteiger partial charge on any atom is -0.354 e. The zero-order valence-electron chi connectivity index (χ0n) is 13.4. The third kappa shape index (κ3) is 3.56. The van der Waals surface area contributed by atoms with Crippen molar-refractivity contribution in [2.45, 2.75) is 11.3 Å². The van der Waals surface area contributed by atoms with E-state index in [-0.39, 0.29) is 17.0 Å². The Kier molecular flexibility index (Phi) is 5.22. The summed E-state index contributed by atoms with van der Waals surface area (Å²) in [5.74, 6) is -1.27. The van der Waals surface area contributed by atoms with Gasteiger partial charge < -0.3 is 5.32 Å². The molecule has 0 atom stereocenters. The summed E-state index contributed by atoms with van der Waals surface area (Å²) in [7, 11) is -3.99. The van der Waals surface area contributed by atoms with Crippen molar-refractivity contribution in [2.75, 3.05) is 13.1 Å². The second-order valence-electron chi connectivity index (χ2n) is 5.65. The molecule has 0 unspecified atom stereocenters. The smallest absolute Gasteiger partial charge is 0.269 e. The topological polar surface area (TPSA) is 83.6 Å². The Bertz CT molecular complexity index is 992. The fourth-order valence-electron chi connectivity index (χ4n) is 2.63. The van der Waals surface area contributed by atoms with E-state index in [9.17, 15) is 18.0 Å². The van der Waals surface area contributed by atoms with E-state index in [1.807, 2.05) is 0 Å². The highest BCUT2D eigenvalue weighted by atomic mass is 35.5. The van der Waals surface area contributed by atoms with E-state index in [1.165, 1.54) is 18.2 Å². The van der Waals surface area contributed by atoms with E-state index < -0.39 is 28.4 Å². The molecule has 0 aliphatic carbocycles. The maximum absolute atomic E-state index is 12.4. The summed E-state index contributed by atoms with van der Waals surface area (Å²) in [5.41, 5.74) is 0.877. The first-order chi connectivity index (χ1) is 12.3. The predicted molar refractivity (Wildman–Crippen MR) is 97.8 cm³/mol. The number of fused-ring (bicyclic) bond motifs is 1. The van der Waals surface area contributed by atoms with Crippen LogP contribution in [0.15, 0.2) is 47.4 Å². The van der Waals surface area contributed by atoms with Gasteiger partial charge in [-0.25, -0.2) is 12.7 Å². The molecule has 1 aliphatic rings. The van der Waals surface area contributed by atoms with Crippen LogP contribution in [0.2, 0.25) is 10.0 Å². The molecule has 0 saturated carbocycles. The van der Waals surface area contributed by atoms with Crippen LogP contribution >= 0.6 is 23.2 Å². The molecule has 2 aromatic carbocycles. The molecule has 1 heterocycles. The lowest BCUT2D eigenvalue weighted by Gasteiger charge is -2.15. The normalized spacial score (nSPS) is 15.0. The van der Waals surface area contributed by atoms with Gasteiger partial charge in [0.15, 0.2) is 0 Å². The molecular weight excluding hydrogens is 399 g/mol. The van der Waals surface area contributed by atoms with Crippen LogP contribution in [0.3, 0.4) is 0 Å². The fraction of sp³-hybridized carbons (Fsp3) is 0.176. The minimum atomic E-state index is -3.99. The largest absolute Gasteiger partial charge is 0.354 e. The van der Waals surface area contributed by atoms with Crippen LogP contribution in [-0.2, 0) is 21.2 Å². The number of rotatable bonds is 5. The maximum atomic E-state index is 12.4. The second kappa shape index (κ2) is 7.26. The molecule has 0 spiro atoms. The van der Waals surface area contributed by atoms with E-state index in [4.69, 9.17) is 23.2 Å². The SMILES string of the molecule is O=C(CN1C(=O)c2ccccc2S1(=O)=O)NCCc1ccc(Cl)cc1Cl. The highest BCUT2D eigenvalue weighted by Gasteiger charge is 2.41. The van der Waals surface area contributed by atoms with E-state index in [2.05, 4.69) is 5.32 Å². The first-order valence-corrected chi connectivity index (χ1v) is 9.87. The summed E-state index contributed by atoms with van der Waals surface area (Å²) in [4.78, 5) is 24.3. The molecular formula is C17H14Cl2N2O4S. The minimum absolute atomic E-state index is 0.0771. The molecule has 1 aliphatic heterocycles. The van der Waals surface area contributed by atoms with Crippen LogP contribution in [0, 0.1) is 0 Å². The molecule has 136 valence electrons. The van der Waals surface area contributed by atoms with Crippen molar-refractivity contribution in [1.82, 2.24) is 9.62 Å². The average molecular weight is 413 g/mol. The number of nitrogens with one attached hydrogen (secondary N) is 1. The van der Waals surface area contributed by atoms with Gasteiger partial charge in [-0.15, -0.1) is 0 Å². The molecule has 0 saturated heterocycles. The van der Waals surface area contributed by atoms with Crippen LogP contribution in [-0.4, -0.2) is 37.6 Å². The Balaban J connectivity index is 1.61. The molecule has 3 rings (SSSR count). The van der Waals surface area contributed by atoms with E-state index >= 15 is 0 Å². The molecule has 0 radical (unpaired) electrons. The Morgan fingerprint density at radius 1 is 1.12 bits per heavy atom. The van der Waals surface area contributed by atoms with Crippen molar-refractivity contribution in [3.05, 3.63) is 63.6 Å². The van der Waals surface area contributed by atoms with Gasteiger partial charge in [0.2, 0.25) is 5.91 Å². The molecule has 26 heavy (non-hydrogen) atoms. The Morgan fingerprint density at radius 3 is 2.54 bits per heavy atom. The predicted octanol–water partition coefficient (Wildman–Crippen LogP) is 2.50. The third-order valence-corrected chi connectivity index (χ3v) is 6.30. The number of hydrogen-bond acceptors (Lipinski definition) is 4. The monoisotopic (exact) mass is 412 g/mol. The number of hydrogen-bond donors (Lipinski definition) is 1. The number of halogens is 2. The van der Waals surface area contributed by atoms with Gasteiger partial charge in [-0.3, -0.25) is 9.59 Å². The van der Waals surface area contributed by atoms with Gasteiger partial charge in [0.1, 0.15) is 11.4 Å². The first-order valence-electron chi connectivity index (χ1n) is 7.67. The van der Waals surface area contributed by atoms with Crippen molar-refractivity contribution in [1.29, 1.82) is 0 Å². The lowest BCUT2D eigenvalue weighted by Crippen LogP contribution is -2.40. The van der Waals surface area contributed by atoms with E-state index in [1.54, 1.807) is 24.3 Å². The number of sulfonamides is 1. The number of carbonyl (C=O) groups excluding carboxylic acids is 2. The van der Waals surface area contributed by atoms with E-state index in [0.29, 0.717) is 20.8 Å². The van der Waals surface area contributed by atoms with Crippen molar-refractivity contribution >= 4 is 45.0 Å². The van der Waals surface area contributed by atoms with Crippen LogP contribution in [0.5, 0.6) is 0 Å². The van der Waals surface area contributed by atoms with Crippen molar-refractivity contribution in [2.24, 2.45) is 0 Å². The standard InChI is InChI=1S/C17H14Cl2N2O4S/c18-12-6-5-11(14(19)9-12)7-8-20-16(22)10-21-17(23)13-3-1-2-4-15(13)26(21,24)25/h1-6,9H,7-8,10H2,(H,20,22). The zero-order valence-corrected chi connectivity index (χ0v) is 15.7. The van der Waals surface area contributed by atoms with Crippen molar-refractivity contribution in [3.63, 3.8) is 0 Å². The summed E-state index contributed by atoms with van der Waals surface area (Å²) >= 11 is 11.9. The Hall–Kier alpha value is -2.09. The molecule has 0 aromatic heterocycles. The number of carbonyl (C=O) groups is 2. The Morgan fingerprint density at radius 2 is 1.85 bits per heavy atom.